The van der Waals surface area contributed by atoms with Gasteiger partial charge in [-0.25, -0.2) is 8.42 Å². The minimum Gasteiger partial charge on any atom is -0.396 e. The predicted octanol–water partition coefficient (Wildman–Crippen LogP) is 0.392. The van der Waals surface area contributed by atoms with Crippen molar-refractivity contribution in [1.82, 2.24) is 14.1 Å². The van der Waals surface area contributed by atoms with Crippen LogP contribution in [-0.4, -0.2) is 58.8 Å². The lowest BCUT2D eigenvalue weighted by Crippen LogP contribution is -2.36. The number of sulfonamides is 1. The molecule has 0 amide bonds. The Bertz CT molecular complexity index is 509. The zero-order valence-electron chi connectivity index (χ0n) is 10.9. The van der Waals surface area contributed by atoms with Crippen LogP contribution in [-0.2, 0) is 16.6 Å². The zero-order chi connectivity index (χ0) is 13.9. The van der Waals surface area contributed by atoms with Crippen molar-refractivity contribution >= 4 is 21.8 Å². The van der Waals surface area contributed by atoms with Crippen molar-refractivity contribution in [1.29, 1.82) is 0 Å². The predicted molar refractivity (Wildman–Crippen MR) is 74.6 cm³/mol. The summed E-state index contributed by atoms with van der Waals surface area (Å²) in [5.41, 5.74) is 0. The van der Waals surface area contributed by atoms with E-state index in [1.54, 1.807) is 23.5 Å². The molecule has 8 heteroatoms. The minimum absolute atomic E-state index is 0.0706. The van der Waals surface area contributed by atoms with Gasteiger partial charge in [0.1, 0.15) is 4.90 Å². The summed E-state index contributed by atoms with van der Waals surface area (Å²) in [5, 5.41) is 12.8. The summed E-state index contributed by atoms with van der Waals surface area (Å²) in [6.45, 7) is 0.593. The van der Waals surface area contributed by atoms with Crippen LogP contribution in [0.5, 0.6) is 0 Å². The van der Waals surface area contributed by atoms with Crippen LogP contribution >= 0.6 is 11.8 Å². The van der Waals surface area contributed by atoms with Gasteiger partial charge in [-0.15, -0.1) is 0 Å². The highest BCUT2D eigenvalue weighted by Crippen LogP contribution is 2.25. The molecule has 6 nitrogen and oxygen atoms in total. The SMILES string of the molecule is CN(C1CCSC1)S(=O)(=O)c1cnn(CCCO)c1. The van der Waals surface area contributed by atoms with Crippen molar-refractivity contribution in [3.63, 3.8) is 0 Å². The average Bonchev–Trinajstić information content (AvgIpc) is 3.06. The van der Waals surface area contributed by atoms with Crippen molar-refractivity contribution < 1.29 is 13.5 Å². The minimum atomic E-state index is -3.45. The molecule has 1 aromatic heterocycles. The maximum Gasteiger partial charge on any atom is 0.246 e. The second kappa shape index (κ2) is 6.25. The van der Waals surface area contributed by atoms with E-state index in [2.05, 4.69) is 5.10 Å². The van der Waals surface area contributed by atoms with Crippen molar-refractivity contribution in [2.45, 2.75) is 30.3 Å². The zero-order valence-corrected chi connectivity index (χ0v) is 12.5. The van der Waals surface area contributed by atoms with E-state index in [-0.39, 0.29) is 17.5 Å². The van der Waals surface area contributed by atoms with Crippen LogP contribution in [0.3, 0.4) is 0 Å². The summed E-state index contributed by atoms with van der Waals surface area (Å²) in [6.07, 6.45) is 4.38. The molecule has 2 heterocycles. The summed E-state index contributed by atoms with van der Waals surface area (Å²) >= 11 is 1.78. The Morgan fingerprint density at radius 3 is 3.05 bits per heavy atom. The van der Waals surface area contributed by atoms with Crippen molar-refractivity contribution in [2.75, 3.05) is 25.2 Å². The molecule has 0 bridgehead atoms. The monoisotopic (exact) mass is 305 g/mol. The second-order valence-electron chi connectivity index (χ2n) is 4.55. The number of aromatic nitrogens is 2. The van der Waals surface area contributed by atoms with E-state index >= 15 is 0 Å². The number of nitrogens with zero attached hydrogens (tertiary/aromatic N) is 3. The normalized spacial score (nSPS) is 20.3. The molecule has 0 aromatic carbocycles. The number of hydrogen-bond acceptors (Lipinski definition) is 5. The van der Waals surface area contributed by atoms with E-state index in [1.807, 2.05) is 0 Å². The summed E-state index contributed by atoms with van der Waals surface area (Å²) in [6, 6.07) is 0.0794. The van der Waals surface area contributed by atoms with E-state index < -0.39 is 10.0 Å². The van der Waals surface area contributed by atoms with Crippen LogP contribution in [0.25, 0.3) is 0 Å². The number of aryl methyl sites for hydroxylation is 1. The first kappa shape index (κ1) is 14.8. The summed E-state index contributed by atoms with van der Waals surface area (Å²) in [7, 11) is -1.82. The van der Waals surface area contributed by atoms with Gasteiger partial charge in [-0.3, -0.25) is 4.68 Å². The lowest BCUT2D eigenvalue weighted by molar-refractivity contribution is 0.277. The molecule has 1 saturated heterocycles. The summed E-state index contributed by atoms with van der Waals surface area (Å²) < 4.78 is 27.9. The van der Waals surface area contributed by atoms with Gasteiger partial charge < -0.3 is 5.11 Å². The van der Waals surface area contributed by atoms with Crippen LogP contribution in [0, 0.1) is 0 Å². The van der Waals surface area contributed by atoms with E-state index in [0.717, 1.165) is 17.9 Å². The standard InChI is InChI=1S/C11H19N3O3S2/c1-13(10-3-6-18-9-10)19(16,17)11-7-12-14(8-11)4-2-5-15/h7-8,10,15H,2-6,9H2,1H3. The quantitative estimate of drug-likeness (QED) is 0.823. The van der Waals surface area contributed by atoms with Gasteiger partial charge in [0.15, 0.2) is 0 Å². The van der Waals surface area contributed by atoms with E-state index in [0.29, 0.717) is 13.0 Å². The number of hydrogen-bond donors (Lipinski definition) is 1. The number of rotatable bonds is 6. The Morgan fingerprint density at radius 2 is 2.42 bits per heavy atom. The van der Waals surface area contributed by atoms with Crippen LogP contribution in [0.15, 0.2) is 17.3 Å². The molecular formula is C11H19N3O3S2. The molecule has 1 unspecified atom stereocenters. The molecule has 1 N–H and O–H groups in total. The fraction of sp³-hybridized carbons (Fsp3) is 0.727. The van der Waals surface area contributed by atoms with Crippen molar-refractivity contribution in [3.8, 4) is 0 Å². The molecule has 19 heavy (non-hydrogen) atoms. The third-order valence-corrected chi connectivity index (χ3v) is 6.26. The van der Waals surface area contributed by atoms with Crippen LogP contribution in [0.1, 0.15) is 12.8 Å². The molecule has 1 fully saturated rings. The third kappa shape index (κ3) is 3.31. The molecule has 1 aliphatic rings. The highest BCUT2D eigenvalue weighted by molar-refractivity contribution is 7.99. The molecule has 1 aromatic rings. The Balaban J connectivity index is 2.12. The summed E-state index contributed by atoms with van der Waals surface area (Å²) in [5.74, 6) is 1.87. The van der Waals surface area contributed by atoms with Crippen LogP contribution in [0.2, 0.25) is 0 Å². The van der Waals surface area contributed by atoms with Crippen LogP contribution in [0.4, 0.5) is 0 Å². The first-order chi connectivity index (χ1) is 9.05. The Labute approximate surface area is 117 Å². The lowest BCUT2D eigenvalue weighted by atomic mass is 10.3. The molecule has 0 radical (unpaired) electrons. The first-order valence-corrected chi connectivity index (χ1v) is 8.84. The number of thioether (sulfide) groups is 1. The van der Waals surface area contributed by atoms with Gasteiger partial charge in [0.05, 0.1) is 6.20 Å². The Morgan fingerprint density at radius 1 is 1.63 bits per heavy atom. The van der Waals surface area contributed by atoms with Gasteiger partial charge in [0, 0.05) is 38.2 Å². The maximum atomic E-state index is 12.4. The van der Waals surface area contributed by atoms with Gasteiger partial charge in [0.25, 0.3) is 0 Å². The van der Waals surface area contributed by atoms with Crippen molar-refractivity contribution in [3.05, 3.63) is 12.4 Å². The van der Waals surface area contributed by atoms with E-state index in [9.17, 15) is 8.42 Å². The van der Waals surface area contributed by atoms with Crippen LogP contribution < -0.4 is 0 Å². The highest BCUT2D eigenvalue weighted by atomic mass is 32.2. The summed E-state index contributed by atoms with van der Waals surface area (Å²) in [4.78, 5) is 0.227. The molecule has 1 aliphatic heterocycles. The van der Waals surface area contributed by atoms with Gasteiger partial charge in [-0.05, 0) is 18.6 Å². The smallest absolute Gasteiger partial charge is 0.246 e. The second-order valence-corrected chi connectivity index (χ2v) is 7.70. The average molecular weight is 305 g/mol. The fourth-order valence-corrected chi connectivity index (χ4v) is 4.71. The lowest BCUT2D eigenvalue weighted by Gasteiger charge is -2.22. The Hall–Kier alpha value is -0.570. The molecule has 108 valence electrons. The molecule has 0 saturated carbocycles. The van der Waals surface area contributed by atoms with E-state index in [1.165, 1.54) is 16.7 Å². The first-order valence-electron chi connectivity index (χ1n) is 6.25. The molecule has 0 aliphatic carbocycles. The Kier molecular flexibility index (Phi) is 4.88. The van der Waals surface area contributed by atoms with Gasteiger partial charge >= 0.3 is 0 Å². The number of aliphatic hydroxyl groups excluding tert-OH is 1. The molecule has 1 atom stereocenters. The largest absolute Gasteiger partial charge is 0.396 e. The highest BCUT2D eigenvalue weighted by Gasteiger charge is 2.31. The maximum absolute atomic E-state index is 12.4. The van der Waals surface area contributed by atoms with Gasteiger partial charge in [-0.1, -0.05) is 0 Å². The topological polar surface area (TPSA) is 75.4 Å². The van der Waals surface area contributed by atoms with Gasteiger partial charge in [0.2, 0.25) is 10.0 Å². The van der Waals surface area contributed by atoms with Crippen molar-refractivity contribution in [2.24, 2.45) is 0 Å². The third-order valence-electron chi connectivity index (χ3n) is 3.25. The van der Waals surface area contributed by atoms with Gasteiger partial charge in [-0.2, -0.15) is 21.2 Å². The van der Waals surface area contributed by atoms with E-state index in [4.69, 9.17) is 5.11 Å². The molecular weight excluding hydrogens is 286 g/mol. The fourth-order valence-electron chi connectivity index (χ4n) is 2.00. The molecule has 0 spiro atoms. The number of aliphatic hydroxyl groups is 1. The molecule has 2 rings (SSSR count).